The highest BCUT2D eigenvalue weighted by molar-refractivity contribution is 5.80. The fourth-order valence-electron chi connectivity index (χ4n) is 4.21. The van der Waals surface area contributed by atoms with Gasteiger partial charge in [0.1, 0.15) is 17.2 Å². The van der Waals surface area contributed by atoms with E-state index in [1.54, 1.807) is 41.5 Å². The third kappa shape index (κ3) is 16.3. The number of hydrogen-bond donors (Lipinski definition) is 4. The molecule has 0 spiro atoms. The van der Waals surface area contributed by atoms with E-state index < -0.39 is 35.4 Å². The first-order chi connectivity index (χ1) is 16.2. The molecule has 0 saturated heterocycles. The molecular formula is C26H49N3O6. The van der Waals surface area contributed by atoms with Crippen molar-refractivity contribution in [2.45, 2.75) is 141 Å². The summed E-state index contributed by atoms with van der Waals surface area (Å²) in [6.45, 7) is 10.2. The molecule has 0 aromatic carbocycles. The maximum Gasteiger partial charge on any atom is 0.408 e. The number of aliphatic carboxylic acids is 1. The summed E-state index contributed by atoms with van der Waals surface area (Å²) in [5.74, 6) is -1.21. The van der Waals surface area contributed by atoms with Crippen molar-refractivity contribution in [1.29, 1.82) is 0 Å². The lowest BCUT2D eigenvalue weighted by atomic mass is 9.91. The third-order valence-corrected chi connectivity index (χ3v) is 5.77. The van der Waals surface area contributed by atoms with E-state index >= 15 is 0 Å². The summed E-state index contributed by atoms with van der Waals surface area (Å²) in [6, 6.07) is 0.582. The Bertz CT molecular complexity index is 628. The van der Waals surface area contributed by atoms with Crippen molar-refractivity contribution < 1.29 is 29.0 Å². The van der Waals surface area contributed by atoms with E-state index in [2.05, 4.69) is 16.0 Å². The van der Waals surface area contributed by atoms with Gasteiger partial charge in [0.05, 0.1) is 0 Å². The number of nitrogens with one attached hydrogen (secondary N) is 3. The summed E-state index contributed by atoms with van der Waals surface area (Å²) in [7, 11) is 0. The van der Waals surface area contributed by atoms with Crippen LogP contribution in [0.3, 0.4) is 0 Å². The van der Waals surface area contributed by atoms with Gasteiger partial charge >= 0.3 is 18.2 Å². The normalized spacial score (nSPS) is 18.5. The van der Waals surface area contributed by atoms with Crippen LogP contribution in [0.1, 0.15) is 112 Å². The van der Waals surface area contributed by atoms with Gasteiger partial charge in [-0.2, -0.15) is 0 Å². The Hall–Kier alpha value is -2.03. The van der Waals surface area contributed by atoms with Gasteiger partial charge in [0.2, 0.25) is 0 Å². The Morgan fingerprint density at radius 2 is 1.20 bits per heavy atom. The molecule has 1 atom stereocenters. The van der Waals surface area contributed by atoms with E-state index in [1.807, 2.05) is 0 Å². The van der Waals surface area contributed by atoms with Gasteiger partial charge in [0.15, 0.2) is 0 Å². The summed E-state index contributed by atoms with van der Waals surface area (Å²) in [5.41, 5.74) is -1.35. The van der Waals surface area contributed by atoms with Crippen LogP contribution in [0.4, 0.5) is 9.59 Å². The van der Waals surface area contributed by atoms with Gasteiger partial charge in [0.25, 0.3) is 0 Å². The molecule has 2 aliphatic rings. The third-order valence-electron chi connectivity index (χ3n) is 5.77. The van der Waals surface area contributed by atoms with Crippen molar-refractivity contribution in [2.75, 3.05) is 6.54 Å². The molecule has 0 bridgehead atoms. The number of carbonyl (C=O) groups is 3. The van der Waals surface area contributed by atoms with E-state index in [9.17, 15) is 14.4 Å². The first kappa shape index (κ1) is 31.0. The highest BCUT2D eigenvalue weighted by Gasteiger charge is 2.24. The minimum atomic E-state index is -1.21. The molecule has 0 aliphatic heterocycles. The van der Waals surface area contributed by atoms with Gasteiger partial charge in [-0.25, -0.2) is 14.4 Å². The van der Waals surface area contributed by atoms with Crippen LogP contribution in [0, 0.1) is 0 Å². The van der Waals surface area contributed by atoms with Crippen LogP contribution < -0.4 is 16.0 Å². The number of carbonyl (C=O) groups excluding carboxylic acids is 2. The molecule has 2 saturated carbocycles. The van der Waals surface area contributed by atoms with Gasteiger partial charge in [-0.05, 0) is 73.6 Å². The fourth-order valence-corrected chi connectivity index (χ4v) is 4.21. The monoisotopic (exact) mass is 499 g/mol. The summed E-state index contributed by atoms with van der Waals surface area (Å²) < 4.78 is 10.0. The Morgan fingerprint density at radius 3 is 1.60 bits per heavy atom. The van der Waals surface area contributed by atoms with Crippen molar-refractivity contribution in [3.8, 4) is 0 Å². The number of hydrogen-bond acceptors (Lipinski definition) is 6. The lowest BCUT2D eigenvalue weighted by Gasteiger charge is -2.30. The standard InChI is InChI=1S/C14H26N2O6.C12H23N/c1-13(2,3)21-11(19)15-8-7-9(10(17)18)16-12(20)22-14(4,5)6;1-3-7-11(8-4-1)13-12-9-5-2-6-10-12/h9H,7-8H2,1-6H3,(H,15,19)(H,16,20)(H,17,18);11-13H,1-10H2. The minimum Gasteiger partial charge on any atom is -0.480 e. The predicted octanol–water partition coefficient (Wildman–Crippen LogP) is 5.12. The van der Waals surface area contributed by atoms with Gasteiger partial charge in [0, 0.05) is 18.6 Å². The molecule has 0 aromatic heterocycles. The molecule has 2 fully saturated rings. The van der Waals surface area contributed by atoms with Crippen LogP contribution in [0.2, 0.25) is 0 Å². The van der Waals surface area contributed by atoms with Crippen LogP contribution in [0.15, 0.2) is 0 Å². The molecule has 2 aliphatic carbocycles. The number of carboxylic acids is 1. The summed E-state index contributed by atoms with van der Waals surface area (Å²) in [4.78, 5) is 34.1. The van der Waals surface area contributed by atoms with E-state index in [1.165, 1.54) is 64.2 Å². The SMILES string of the molecule is C1CCC(NC2CCCCC2)CC1.CC(C)(C)OC(=O)NCCC(NC(=O)OC(C)(C)C)C(=O)O. The predicted molar refractivity (Wildman–Crippen MR) is 137 cm³/mol. The molecule has 2 rings (SSSR count). The lowest BCUT2D eigenvalue weighted by Crippen LogP contribution is -2.45. The zero-order chi connectivity index (χ0) is 26.5. The first-order valence-corrected chi connectivity index (χ1v) is 13.2. The van der Waals surface area contributed by atoms with Crippen molar-refractivity contribution in [1.82, 2.24) is 16.0 Å². The van der Waals surface area contributed by atoms with E-state index in [0.717, 1.165) is 12.1 Å². The van der Waals surface area contributed by atoms with Gasteiger partial charge in [-0.1, -0.05) is 38.5 Å². The second-order valence-corrected chi connectivity index (χ2v) is 11.6. The maximum absolute atomic E-state index is 11.5. The molecule has 2 amide bonds. The summed E-state index contributed by atoms with van der Waals surface area (Å²) in [6.07, 6.45) is 13.1. The molecule has 4 N–H and O–H groups in total. The van der Waals surface area contributed by atoms with Crippen LogP contribution in [0.5, 0.6) is 0 Å². The summed E-state index contributed by atoms with van der Waals surface area (Å²) in [5, 5.41) is 17.6. The quantitative estimate of drug-likeness (QED) is 0.383. The second-order valence-electron chi connectivity index (χ2n) is 11.6. The number of amides is 2. The highest BCUT2D eigenvalue weighted by atomic mass is 16.6. The van der Waals surface area contributed by atoms with Crippen LogP contribution in [-0.2, 0) is 14.3 Å². The molecule has 204 valence electrons. The Morgan fingerprint density at radius 1 is 0.771 bits per heavy atom. The van der Waals surface area contributed by atoms with Crippen molar-refractivity contribution in [3.05, 3.63) is 0 Å². The number of rotatable bonds is 7. The Kier molecular flexibility index (Phi) is 13.4. The van der Waals surface area contributed by atoms with Crippen molar-refractivity contribution in [2.24, 2.45) is 0 Å². The second kappa shape index (κ2) is 15.2. The number of carboxylic acid groups (broad SMARTS) is 1. The van der Waals surface area contributed by atoms with Crippen molar-refractivity contribution in [3.63, 3.8) is 0 Å². The van der Waals surface area contributed by atoms with Crippen LogP contribution in [-0.4, -0.2) is 59.1 Å². The Balaban J connectivity index is 0.000000394. The highest BCUT2D eigenvalue weighted by Crippen LogP contribution is 2.22. The smallest absolute Gasteiger partial charge is 0.408 e. The molecule has 0 aromatic rings. The lowest BCUT2D eigenvalue weighted by molar-refractivity contribution is -0.139. The molecule has 0 radical (unpaired) electrons. The average molecular weight is 500 g/mol. The molecular weight excluding hydrogens is 450 g/mol. The largest absolute Gasteiger partial charge is 0.480 e. The van der Waals surface area contributed by atoms with Crippen LogP contribution in [0.25, 0.3) is 0 Å². The van der Waals surface area contributed by atoms with Crippen molar-refractivity contribution >= 4 is 18.2 Å². The zero-order valence-corrected chi connectivity index (χ0v) is 22.7. The molecule has 0 heterocycles. The van der Waals surface area contributed by atoms with E-state index in [-0.39, 0.29) is 13.0 Å². The minimum absolute atomic E-state index is 0.00776. The van der Waals surface area contributed by atoms with Gasteiger partial charge in [-0.15, -0.1) is 0 Å². The maximum atomic E-state index is 11.5. The molecule has 9 nitrogen and oxygen atoms in total. The van der Waals surface area contributed by atoms with Gasteiger partial charge < -0.3 is 30.5 Å². The molecule has 35 heavy (non-hydrogen) atoms. The van der Waals surface area contributed by atoms with E-state index in [0.29, 0.717) is 0 Å². The van der Waals surface area contributed by atoms with E-state index in [4.69, 9.17) is 14.6 Å². The number of alkyl carbamates (subject to hydrolysis) is 2. The molecule has 9 heteroatoms. The average Bonchev–Trinajstić information content (AvgIpc) is 2.72. The van der Waals surface area contributed by atoms with Crippen LogP contribution >= 0.6 is 0 Å². The first-order valence-electron chi connectivity index (χ1n) is 13.2. The van der Waals surface area contributed by atoms with Gasteiger partial charge in [-0.3, -0.25) is 0 Å². The Labute approximate surface area is 211 Å². The zero-order valence-electron chi connectivity index (χ0n) is 22.7. The molecule has 1 unspecified atom stereocenters. The summed E-state index contributed by atoms with van der Waals surface area (Å²) >= 11 is 0. The number of ether oxygens (including phenoxy) is 2. The topological polar surface area (TPSA) is 126 Å². The fraction of sp³-hybridized carbons (Fsp3) is 0.885.